The first kappa shape index (κ1) is 12.7. The van der Waals surface area contributed by atoms with Gasteiger partial charge in [0.2, 0.25) is 5.91 Å². The molecule has 1 aliphatic carbocycles. The Morgan fingerprint density at radius 2 is 2.00 bits per heavy atom. The Kier molecular flexibility index (Phi) is 3.33. The van der Waals surface area contributed by atoms with Crippen LogP contribution in [0.4, 0.5) is 0 Å². The molecule has 1 heterocycles. The second-order valence-corrected chi connectivity index (χ2v) is 6.79. The average Bonchev–Trinajstić information content (AvgIpc) is 2.28. The topological polar surface area (TPSA) is 20.3 Å². The van der Waals surface area contributed by atoms with E-state index < -0.39 is 0 Å². The molecule has 1 atom stereocenters. The molecule has 1 unspecified atom stereocenters. The molecule has 2 aliphatic rings. The summed E-state index contributed by atoms with van der Waals surface area (Å²) in [5, 5.41) is 0. The van der Waals surface area contributed by atoms with Gasteiger partial charge in [0.25, 0.3) is 0 Å². The van der Waals surface area contributed by atoms with Crippen LogP contribution < -0.4 is 0 Å². The van der Waals surface area contributed by atoms with E-state index in [2.05, 4.69) is 17.1 Å². The zero-order valence-corrected chi connectivity index (χ0v) is 11.5. The Balaban J connectivity index is 2.07. The van der Waals surface area contributed by atoms with E-state index in [0.717, 1.165) is 13.1 Å². The summed E-state index contributed by atoms with van der Waals surface area (Å²) < 4.78 is 0. The van der Waals surface area contributed by atoms with Gasteiger partial charge in [0.05, 0.1) is 0 Å². The fraction of sp³-hybridized carbons (Fsp3) is 0.800. The number of allylic oxidation sites excluding steroid dienone is 2. The summed E-state index contributed by atoms with van der Waals surface area (Å²) in [6, 6.07) is 0. The summed E-state index contributed by atoms with van der Waals surface area (Å²) in [4.78, 5) is 14.5. The van der Waals surface area contributed by atoms with Crippen LogP contribution in [0.25, 0.3) is 0 Å². The van der Waals surface area contributed by atoms with E-state index in [1.165, 1.54) is 32.1 Å². The normalized spacial score (nSPS) is 29.7. The second-order valence-electron chi connectivity index (χ2n) is 6.79. The van der Waals surface area contributed by atoms with Crippen LogP contribution in [0.3, 0.4) is 0 Å². The Bertz CT molecular complexity index is 326. The van der Waals surface area contributed by atoms with Crippen LogP contribution in [0.2, 0.25) is 0 Å². The minimum atomic E-state index is -0.233. The van der Waals surface area contributed by atoms with E-state index in [1.54, 1.807) is 0 Å². The van der Waals surface area contributed by atoms with E-state index in [1.807, 2.05) is 20.8 Å². The largest absolute Gasteiger partial charge is 0.342 e. The van der Waals surface area contributed by atoms with Crippen molar-refractivity contribution in [2.75, 3.05) is 13.1 Å². The average molecular weight is 235 g/mol. The second kappa shape index (κ2) is 4.47. The van der Waals surface area contributed by atoms with Crippen molar-refractivity contribution in [1.29, 1.82) is 0 Å². The summed E-state index contributed by atoms with van der Waals surface area (Å²) in [5.41, 5.74) is 0.164. The van der Waals surface area contributed by atoms with Crippen molar-refractivity contribution in [3.63, 3.8) is 0 Å². The molecule has 2 nitrogen and oxygen atoms in total. The number of carbonyl (C=O) groups excluding carboxylic acids is 1. The van der Waals surface area contributed by atoms with Gasteiger partial charge in [0, 0.05) is 18.5 Å². The molecule has 17 heavy (non-hydrogen) atoms. The molecule has 1 aliphatic heterocycles. The number of hydrogen-bond acceptors (Lipinski definition) is 1. The molecule has 1 fully saturated rings. The fourth-order valence-corrected chi connectivity index (χ4v) is 3.17. The van der Waals surface area contributed by atoms with Gasteiger partial charge < -0.3 is 4.90 Å². The maximum atomic E-state index is 12.4. The van der Waals surface area contributed by atoms with Gasteiger partial charge in [-0.25, -0.2) is 0 Å². The third kappa shape index (κ3) is 2.72. The van der Waals surface area contributed by atoms with Crippen molar-refractivity contribution in [3.05, 3.63) is 12.2 Å². The fourth-order valence-electron chi connectivity index (χ4n) is 3.17. The Labute approximate surface area is 105 Å². The molecule has 1 spiro atoms. The number of piperidine rings is 1. The lowest BCUT2D eigenvalue weighted by atomic mass is 9.71. The summed E-state index contributed by atoms with van der Waals surface area (Å²) in [6.07, 6.45) is 10.7. The van der Waals surface area contributed by atoms with E-state index in [9.17, 15) is 4.79 Å². The predicted molar refractivity (Wildman–Crippen MR) is 70.7 cm³/mol. The van der Waals surface area contributed by atoms with Crippen molar-refractivity contribution >= 4 is 5.91 Å². The molecular weight excluding hydrogens is 210 g/mol. The van der Waals surface area contributed by atoms with Crippen molar-refractivity contribution in [3.8, 4) is 0 Å². The zero-order valence-electron chi connectivity index (χ0n) is 11.5. The molecule has 0 aromatic rings. The molecule has 0 saturated carbocycles. The number of hydrogen-bond donors (Lipinski definition) is 0. The van der Waals surface area contributed by atoms with Crippen molar-refractivity contribution in [2.24, 2.45) is 10.8 Å². The summed E-state index contributed by atoms with van der Waals surface area (Å²) in [7, 11) is 0. The lowest BCUT2D eigenvalue weighted by molar-refractivity contribution is -0.143. The lowest BCUT2D eigenvalue weighted by Gasteiger charge is -2.45. The molecule has 0 radical (unpaired) electrons. The highest BCUT2D eigenvalue weighted by molar-refractivity contribution is 5.81. The standard InChI is InChI=1S/C15H25NO/c1-14(2,3)13(17)16-11-7-10-15(12-16)8-5-4-6-9-15/h4-5H,6-12H2,1-3H3. The van der Waals surface area contributed by atoms with Crippen LogP contribution in [-0.4, -0.2) is 23.9 Å². The number of carbonyl (C=O) groups is 1. The highest BCUT2D eigenvalue weighted by Crippen LogP contribution is 2.41. The first-order chi connectivity index (χ1) is 7.93. The molecule has 0 aromatic carbocycles. The van der Waals surface area contributed by atoms with E-state index in [-0.39, 0.29) is 5.41 Å². The molecule has 96 valence electrons. The van der Waals surface area contributed by atoms with E-state index in [4.69, 9.17) is 0 Å². The van der Waals surface area contributed by atoms with Crippen LogP contribution >= 0.6 is 0 Å². The SMILES string of the molecule is CC(C)(C)C(=O)N1CCCC2(CC=CCC2)C1. The number of rotatable bonds is 0. The molecule has 0 bridgehead atoms. The van der Waals surface area contributed by atoms with Gasteiger partial charge in [0.15, 0.2) is 0 Å². The van der Waals surface area contributed by atoms with Gasteiger partial charge in [-0.05, 0) is 37.5 Å². The monoisotopic (exact) mass is 235 g/mol. The quantitative estimate of drug-likeness (QED) is 0.589. The molecule has 0 aromatic heterocycles. The summed E-state index contributed by atoms with van der Waals surface area (Å²) in [6.45, 7) is 8.02. The molecule has 1 saturated heterocycles. The van der Waals surface area contributed by atoms with Gasteiger partial charge in [0.1, 0.15) is 0 Å². The maximum Gasteiger partial charge on any atom is 0.227 e. The molecule has 1 amide bonds. The van der Waals surface area contributed by atoms with Gasteiger partial charge in [-0.2, -0.15) is 0 Å². The Hall–Kier alpha value is -0.790. The maximum absolute atomic E-state index is 12.4. The third-order valence-electron chi connectivity index (χ3n) is 4.15. The van der Waals surface area contributed by atoms with E-state index in [0.29, 0.717) is 11.3 Å². The lowest BCUT2D eigenvalue weighted by Crippen LogP contribution is -2.49. The predicted octanol–water partition coefficient (Wildman–Crippen LogP) is 3.38. The molecule has 2 heteroatoms. The smallest absolute Gasteiger partial charge is 0.227 e. The van der Waals surface area contributed by atoms with E-state index >= 15 is 0 Å². The number of nitrogens with zero attached hydrogens (tertiary/aromatic N) is 1. The number of amides is 1. The Morgan fingerprint density at radius 1 is 1.24 bits per heavy atom. The van der Waals surface area contributed by atoms with Gasteiger partial charge >= 0.3 is 0 Å². The van der Waals surface area contributed by atoms with Crippen LogP contribution in [-0.2, 0) is 4.79 Å². The summed E-state index contributed by atoms with van der Waals surface area (Å²) in [5.74, 6) is 0.325. The van der Waals surface area contributed by atoms with Crippen molar-refractivity contribution in [2.45, 2.75) is 52.9 Å². The minimum Gasteiger partial charge on any atom is -0.342 e. The Morgan fingerprint density at radius 3 is 2.59 bits per heavy atom. The first-order valence-corrected chi connectivity index (χ1v) is 6.87. The van der Waals surface area contributed by atoms with Crippen LogP contribution in [0, 0.1) is 10.8 Å². The summed E-state index contributed by atoms with van der Waals surface area (Å²) >= 11 is 0. The van der Waals surface area contributed by atoms with Gasteiger partial charge in [-0.1, -0.05) is 32.9 Å². The molecule has 0 N–H and O–H groups in total. The first-order valence-electron chi connectivity index (χ1n) is 6.87. The van der Waals surface area contributed by atoms with Crippen LogP contribution in [0.1, 0.15) is 52.9 Å². The zero-order chi connectivity index (χ0) is 12.5. The van der Waals surface area contributed by atoms with Crippen LogP contribution in [0.5, 0.6) is 0 Å². The third-order valence-corrected chi connectivity index (χ3v) is 4.15. The highest BCUT2D eigenvalue weighted by Gasteiger charge is 2.39. The van der Waals surface area contributed by atoms with Gasteiger partial charge in [-0.3, -0.25) is 4.79 Å². The van der Waals surface area contributed by atoms with Crippen molar-refractivity contribution < 1.29 is 4.79 Å². The van der Waals surface area contributed by atoms with Crippen molar-refractivity contribution in [1.82, 2.24) is 4.90 Å². The number of likely N-dealkylation sites (tertiary alicyclic amines) is 1. The molecule has 2 rings (SSSR count). The van der Waals surface area contributed by atoms with Gasteiger partial charge in [-0.15, -0.1) is 0 Å². The van der Waals surface area contributed by atoms with Crippen LogP contribution in [0.15, 0.2) is 12.2 Å². The molecular formula is C15H25NO. The minimum absolute atomic E-state index is 0.233. The highest BCUT2D eigenvalue weighted by atomic mass is 16.2.